The highest BCUT2D eigenvalue weighted by Gasteiger charge is 2.05. The van der Waals surface area contributed by atoms with Gasteiger partial charge < -0.3 is 4.74 Å². The maximum absolute atomic E-state index is 13.5. The van der Waals surface area contributed by atoms with Crippen LogP contribution in [0.2, 0.25) is 0 Å². The van der Waals surface area contributed by atoms with Crippen molar-refractivity contribution in [2.45, 2.75) is 0 Å². The molecule has 0 fully saturated rings. The molecular weight excluding hydrogens is 365 g/mol. The summed E-state index contributed by atoms with van der Waals surface area (Å²) in [5.41, 5.74) is 2.80. The van der Waals surface area contributed by atoms with Crippen LogP contribution in [-0.2, 0) is 4.79 Å². The van der Waals surface area contributed by atoms with Crippen LogP contribution in [0.4, 0.5) is 4.39 Å². The molecule has 0 unspecified atom stereocenters. The van der Waals surface area contributed by atoms with Crippen LogP contribution in [0.25, 0.3) is 0 Å². The van der Waals surface area contributed by atoms with Crippen molar-refractivity contribution >= 4 is 28.1 Å². The average molecular weight is 376 g/mol. The van der Waals surface area contributed by atoms with Gasteiger partial charge in [-0.25, -0.2) is 9.82 Å². The number of carbonyl (C=O) groups is 1. The number of ether oxygens (including phenoxy) is 1. The van der Waals surface area contributed by atoms with Crippen molar-refractivity contribution < 1.29 is 13.9 Å². The second-order valence-electron chi connectivity index (χ2n) is 4.36. The number of nitriles is 1. The number of nitrogens with one attached hydrogen (secondary N) is 1. The van der Waals surface area contributed by atoms with Crippen molar-refractivity contribution in [3.05, 3.63) is 63.9 Å². The summed E-state index contributed by atoms with van der Waals surface area (Å²) < 4.78 is 19.4. The lowest BCUT2D eigenvalue weighted by Gasteiger charge is -2.06. The largest absolute Gasteiger partial charge is 0.482 e. The lowest BCUT2D eigenvalue weighted by Crippen LogP contribution is -2.24. The molecule has 0 radical (unpaired) electrons. The van der Waals surface area contributed by atoms with Crippen LogP contribution >= 0.6 is 15.9 Å². The molecule has 0 aromatic heterocycles. The second kappa shape index (κ2) is 8.06. The fourth-order valence-corrected chi connectivity index (χ4v) is 1.97. The Morgan fingerprint density at radius 1 is 1.39 bits per heavy atom. The first-order chi connectivity index (χ1) is 11.1. The summed E-state index contributed by atoms with van der Waals surface area (Å²) in [4.78, 5) is 11.6. The summed E-state index contributed by atoms with van der Waals surface area (Å²) >= 11 is 3.15. The van der Waals surface area contributed by atoms with E-state index in [0.29, 0.717) is 15.8 Å². The summed E-state index contributed by atoms with van der Waals surface area (Å²) in [5, 5.41) is 12.6. The number of benzene rings is 2. The number of hydrazone groups is 1. The molecule has 0 spiro atoms. The van der Waals surface area contributed by atoms with Crippen LogP contribution < -0.4 is 10.2 Å². The maximum atomic E-state index is 13.5. The summed E-state index contributed by atoms with van der Waals surface area (Å²) in [6.45, 7) is -0.307. The highest BCUT2D eigenvalue weighted by atomic mass is 79.9. The fraction of sp³-hybridized carbons (Fsp3) is 0.0625. The first kappa shape index (κ1) is 16.6. The van der Waals surface area contributed by atoms with Gasteiger partial charge in [0.05, 0.1) is 11.8 Å². The third-order valence-corrected chi connectivity index (χ3v) is 3.21. The van der Waals surface area contributed by atoms with Crippen LogP contribution in [0, 0.1) is 17.1 Å². The molecule has 2 rings (SSSR count). The van der Waals surface area contributed by atoms with E-state index in [4.69, 9.17) is 10.00 Å². The number of carbonyl (C=O) groups excluding carboxylic acids is 1. The van der Waals surface area contributed by atoms with E-state index >= 15 is 0 Å². The van der Waals surface area contributed by atoms with Gasteiger partial charge in [0.2, 0.25) is 0 Å². The molecule has 5 nitrogen and oxygen atoms in total. The zero-order valence-corrected chi connectivity index (χ0v) is 13.4. The highest BCUT2D eigenvalue weighted by molar-refractivity contribution is 9.10. The average Bonchev–Trinajstić information content (AvgIpc) is 2.55. The molecule has 0 saturated carbocycles. The van der Waals surface area contributed by atoms with Gasteiger partial charge in [-0.2, -0.15) is 10.4 Å². The normalized spacial score (nSPS) is 10.3. The molecule has 2 aromatic carbocycles. The second-order valence-corrected chi connectivity index (χ2v) is 5.27. The Morgan fingerprint density at radius 2 is 2.17 bits per heavy atom. The van der Waals surface area contributed by atoms with Crippen LogP contribution in [0.15, 0.2) is 52.0 Å². The minimum Gasteiger partial charge on any atom is -0.482 e. The fourth-order valence-electron chi connectivity index (χ4n) is 1.64. The number of hydrogen-bond donors (Lipinski definition) is 1. The number of nitrogens with zero attached hydrogens (tertiary/aromatic N) is 2. The zero-order chi connectivity index (χ0) is 16.7. The Hall–Kier alpha value is -2.72. The standard InChI is InChI=1S/C16H11BrFN3O2/c17-13-6-5-12(14(18)7-13)9-20-21-16(22)10-23-15-4-2-1-3-11(15)8-19/h1-7,9H,10H2,(H,21,22)/b20-9-. The number of amides is 1. The van der Waals surface area contributed by atoms with Crippen LogP contribution in [-0.4, -0.2) is 18.7 Å². The molecule has 0 heterocycles. The van der Waals surface area contributed by atoms with Gasteiger partial charge in [-0.05, 0) is 30.3 Å². The van der Waals surface area contributed by atoms with Crippen LogP contribution in [0.5, 0.6) is 5.75 Å². The van der Waals surface area contributed by atoms with Gasteiger partial charge in [0.1, 0.15) is 17.6 Å². The molecule has 0 bridgehead atoms. The van der Waals surface area contributed by atoms with E-state index in [2.05, 4.69) is 26.5 Å². The van der Waals surface area contributed by atoms with Gasteiger partial charge in [0, 0.05) is 10.0 Å². The summed E-state index contributed by atoms with van der Waals surface area (Å²) in [6, 6.07) is 13.0. The molecule has 2 aromatic rings. The third-order valence-electron chi connectivity index (χ3n) is 2.72. The molecule has 0 aliphatic heterocycles. The minimum atomic E-state index is -0.522. The molecule has 116 valence electrons. The first-order valence-electron chi connectivity index (χ1n) is 6.49. The highest BCUT2D eigenvalue weighted by Crippen LogP contribution is 2.16. The van der Waals surface area contributed by atoms with Crippen molar-refractivity contribution in [3.8, 4) is 11.8 Å². The first-order valence-corrected chi connectivity index (χ1v) is 7.28. The van der Waals surface area contributed by atoms with Gasteiger partial charge in [0.25, 0.3) is 5.91 Å². The summed E-state index contributed by atoms with van der Waals surface area (Å²) in [5.74, 6) is -0.670. The van der Waals surface area contributed by atoms with E-state index in [1.807, 2.05) is 6.07 Å². The number of hydrogen-bond acceptors (Lipinski definition) is 4. The number of para-hydroxylation sites is 1. The van der Waals surface area contributed by atoms with Gasteiger partial charge in [-0.1, -0.05) is 28.1 Å². The van der Waals surface area contributed by atoms with Crippen LogP contribution in [0.3, 0.4) is 0 Å². The summed E-state index contributed by atoms with van der Waals surface area (Å²) in [7, 11) is 0. The third kappa shape index (κ3) is 4.90. The Labute approximate surface area is 140 Å². The SMILES string of the molecule is N#Cc1ccccc1OCC(=O)N/N=C\c1ccc(Br)cc1F. The Balaban J connectivity index is 1.88. The summed E-state index contributed by atoms with van der Waals surface area (Å²) in [6.07, 6.45) is 1.20. The Bertz CT molecular complexity index is 787. The maximum Gasteiger partial charge on any atom is 0.277 e. The predicted octanol–water partition coefficient (Wildman–Crippen LogP) is 2.99. The lowest BCUT2D eigenvalue weighted by molar-refractivity contribution is -0.123. The van der Waals surface area contributed by atoms with E-state index in [9.17, 15) is 9.18 Å². The molecule has 23 heavy (non-hydrogen) atoms. The molecule has 1 N–H and O–H groups in total. The van der Waals surface area contributed by atoms with E-state index in [1.54, 1.807) is 30.3 Å². The Morgan fingerprint density at radius 3 is 2.91 bits per heavy atom. The van der Waals surface area contributed by atoms with E-state index in [0.717, 1.165) is 0 Å². The Kier molecular flexibility index (Phi) is 5.83. The molecule has 0 aliphatic rings. The predicted molar refractivity (Wildman–Crippen MR) is 86.5 cm³/mol. The quantitative estimate of drug-likeness (QED) is 0.644. The minimum absolute atomic E-state index is 0.240. The van der Waals surface area contributed by atoms with E-state index in [-0.39, 0.29) is 12.2 Å². The zero-order valence-electron chi connectivity index (χ0n) is 11.8. The molecular formula is C16H11BrFN3O2. The molecule has 7 heteroatoms. The topological polar surface area (TPSA) is 74.5 Å². The van der Waals surface area contributed by atoms with Crippen molar-refractivity contribution in [2.75, 3.05) is 6.61 Å². The van der Waals surface area contributed by atoms with Crippen LogP contribution in [0.1, 0.15) is 11.1 Å². The molecule has 1 amide bonds. The monoisotopic (exact) mass is 375 g/mol. The van der Waals surface area contributed by atoms with Crippen molar-refractivity contribution in [1.29, 1.82) is 5.26 Å². The number of rotatable bonds is 5. The number of halogens is 2. The smallest absolute Gasteiger partial charge is 0.277 e. The molecule has 0 atom stereocenters. The van der Waals surface area contributed by atoms with Gasteiger partial charge in [-0.3, -0.25) is 4.79 Å². The molecule has 0 aliphatic carbocycles. The van der Waals surface area contributed by atoms with Crippen molar-refractivity contribution in [3.63, 3.8) is 0 Å². The lowest BCUT2D eigenvalue weighted by atomic mass is 10.2. The van der Waals surface area contributed by atoms with Gasteiger partial charge >= 0.3 is 0 Å². The van der Waals surface area contributed by atoms with E-state index in [1.165, 1.54) is 18.3 Å². The van der Waals surface area contributed by atoms with E-state index < -0.39 is 11.7 Å². The van der Waals surface area contributed by atoms with Gasteiger partial charge in [-0.15, -0.1) is 0 Å². The van der Waals surface area contributed by atoms with Crippen molar-refractivity contribution in [2.24, 2.45) is 5.10 Å². The van der Waals surface area contributed by atoms with Crippen molar-refractivity contribution in [1.82, 2.24) is 5.43 Å². The molecule has 0 saturated heterocycles. The van der Waals surface area contributed by atoms with Gasteiger partial charge in [0.15, 0.2) is 6.61 Å².